The summed E-state index contributed by atoms with van der Waals surface area (Å²) in [5.41, 5.74) is 19.8. The van der Waals surface area contributed by atoms with E-state index in [1.807, 2.05) is 84.6 Å². The lowest BCUT2D eigenvalue weighted by atomic mass is 9.78. The Morgan fingerprint density at radius 1 is 0.604 bits per heavy atom. The zero-order valence-electron chi connectivity index (χ0n) is 48.6. The van der Waals surface area contributed by atoms with Gasteiger partial charge in [-0.15, -0.1) is 0 Å². The lowest BCUT2D eigenvalue weighted by Gasteiger charge is -2.32. The minimum atomic E-state index is -0.532. The number of carbonyl (C=O) groups excluding carboxylic acids is 5. The van der Waals surface area contributed by atoms with Crippen LogP contribution < -0.4 is 22.5 Å². The van der Waals surface area contributed by atoms with E-state index in [0.29, 0.717) is 121 Å². The van der Waals surface area contributed by atoms with E-state index in [1.165, 1.54) is 33.4 Å². The number of aldehydes is 3. The number of hydrogen-bond acceptors (Lipinski definition) is 19. The number of carbonyl (C=O) groups is 5. The molecule has 0 unspecified atom stereocenters. The molecule has 3 saturated carbocycles. The van der Waals surface area contributed by atoms with Crippen molar-refractivity contribution in [1.29, 1.82) is 0 Å². The first kappa shape index (κ1) is 67.0. The van der Waals surface area contributed by atoms with Gasteiger partial charge in [0, 0.05) is 41.1 Å². The van der Waals surface area contributed by atoms with Crippen LogP contribution in [-0.4, -0.2) is 133 Å². The standard InChI is InChI=1S/C18H14N6O2.C18H17N5O3.C14H20BNO4.C10H9BrN4O.3CH4/c25-8-15-21-16(10-1-4-13-12(7-10)18(26)20-9-19-13)17(22-15)14-5-6-24(23-14)11-2-3-11;1-26-18(25)12-8-10(2-5-13(12)19)16-17(21-15(9-24)20-16)14-6-7-23(22-14)11-3-4-11;1-13(2)14(3,4)20-15(19-13)9-6-7-11(16)10(8-9)12(17)18-5;11-10-9(12-8(5-16)13-10)7-3-4-15(14-7)6-1-2-6;;;/h1,4-9,11H,2-3H2,(H,21,22)(H,19,20,26);2,5-9,11H,3-4,19H2,1H3,(H,20,21);6-8H,16H2,1-5H3;3-6H,1-2H2,(H,12,13);3*1H4. The number of nitrogens with zero attached hydrogens (tertiary/aromatic N) is 10. The molecule has 26 nitrogen and oxygen atoms in total. The van der Waals surface area contributed by atoms with Gasteiger partial charge in [0.1, 0.15) is 27.4 Å². The fraction of sp³-hybridized carbons (Fsp3) is 0.317. The highest BCUT2D eigenvalue weighted by atomic mass is 79.9. The van der Waals surface area contributed by atoms with Crippen molar-refractivity contribution in [1.82, 2.24) is 69.2 Å². The van der Waals surface area contributed by atoms with Gasteiger partial charge in [0.05, 0.1) is 94.7 Å². The molecule has 1 saturated heterocycles. The van der Waals surface area contributed by atoms with Gasteiger partial charge in [0.2, 0.25) is 0 Å². The molecule has 0 spiro atoms. The Labute approximate surface area is 532 Å². The maximum Gasteiger partial charge on any atom is 0.494 e. The van der Waals surface area contributed by atoms with Crippen LogP contribution in [0.4, 0.5) is 11.4 Å². The number of aromatic nitrogens is 14. The Bertz CT molecular complexity index is 4340. The second-order valence-corrected chi connectivity index (χ2v) is 23.0. The molecule has 4 fully saturated rings. The van der Waals surface area contributed by atoms with Crippen molar-refractivity contribution < 1.29 is 42.8 Å². The molecule has 0 radical (unpaired) electrons. The van der Waals surface area contributed by atoms with Gasteiger partial charge >= 0.3 is 19.1 Å². The van der Waals surface area contributed by atoms with Crippen molar-refractivity contribution in [2.24, 2.45) is 0 Å². The lowest BCUT2D eigenvalue weighted by Crippen LogP contribution is -2.41. The van der Waals surface area contributed by atoms with E-state index >= 15 is 0 Å². The third-order valence-electron chi connectivity index (χ3n) is 15.5. The smallest absolute Gasteiger partial charge is 0.465 e. The molecule has 4 aliphatic rings. The minimum Gasteiger partial charge on any atom is -0.465 e. The summed E-state index contributed by atoms with van der Waals surface area (Å²) in [4.78, 5) is 97.1. The maximum absolute atomic E-state index is 12.1. The van der Waals surface area contributed by atoms with Gasteiger partial charge in [0.25, 0.3) is 5.56 Å². The molecular formula is C63H72BBrN16O10. The molecule has 0 bridgehead atoms. The van der Waals surface area contributed by atoms with Crippen LogP contribution in [0.3, 0.4) is 0 Å². The van der Waals surface area contributed by atoms with Crippen molar-refractivity contribution in [2.45, 2.75) is 118 Å². The maximum atomic E-state index is 12.1. The highest BCUT2D eigenvalue weighted by Crippen LogP contribution is 2.40. The SMILES string of the molecule is C.C.C.COC(=O)c1cc(-c2nc(C=O)[nH]c2-c2ccn(C3CC3)n2)ccc1N.COC(=O)c1cc(B2OC(C)(C)C(C)(C)O2)ccc1N.O=Cc1nc(-c2ccc3nc[nH]c(=O)c3c2)c(-c2ccn(C3CC3)n2)[nH]1.O=Cc1nc(-c2ccn(C3CC3)n2)c(Br)[nH]1. The molecule has 474 valence electrons. The van der Waals surface area contributed by atoms with Crippen molar-refractivity contribution in [2.75, 3.05) is 25.7 Å². The molecule has 3 aromatic carbocycles. The van der Waals surface area contributed by atoms with Gasteiger partial charge in [-0.2, -0.15) is 15.3 Å². The molecule has 14 rings (SSSR count). The van der Waals surface area contributed by atoms with Gasteiger partial charge in [-0.3, -0.25) is 33.2 Å². The zero-order valence-corrected chi connectivity index (χ0v) is 50.2. The minimum absolute atomic E-state index is 0. The quantitative estimate of drug-likeness (QED) is 0.0255. The van der Waals surface area contributed by atoms with Crippen molar-refractivity contribution in [3.63, 3.8) is 0 Å². The molecule has 0 amide bonds. The van der Waals surface area contributed by atoms with E-state index < -0.39 is 30.3 Å². The van der Waals surface area contributed by atoms with E-state index in [2.05, 4.69) is 71.1 Å². The third-order valence-corrected chi connectivity index (χ3v) is 16.0. The average molecular weight is 1300 g/mol. The van der Waals surface area contributed by atoms with E-state index in [9.17, 15) is 28.8 Å². The van der Waals surface area contributed by atoms with Gasteiger partial charge in [-0.25, -0.2) is 29.5 Å². The Morgan fingerprint density at radius 3 is 1.51 bits per heavy atom. The molecule has 3 aliphatic carbocycles. The number of hydrogen-bond donors (Lipinski definition) is 6. The number of nitrogens with one attached hydrogen (secondary N) is 4. The van der Waals surface area contributed by atoms with E-state index in [1.54, 1.807) is 48.5 Å². The van der Waals surface area contributed by atoms with Gasteiger partial charge in [-0.1, -0.05) is 40.5 Å². The number of methoxy groups -OCH3 is 2. The number of nitrogens with two attached hydrogens (primary N) is 2. The first-order valence-corrected chi connectivity index (χ1v) is 28.8. The molecular weight excluding hydrogens is 1230 g/mol. The Kier molecular flexibility index (Phi) is 20.2. The highest BCUT2D eigenvalue weighted by molar-refractivity contribution is 9.10. The first-order chi connectivity index (χ1) is 42.3. The average Bonchev–Trinajstić information content (AvgIpc) is 1.69. The van der Waals surface area contributed by atoms with Crippen LogP contribution in [0.1, 0.15) is 159 Å². The highest BCUT2D eigenvalue weighted by Gasteiger charge is 2.52. The summed E-state index contributed by atoms with van der Waals surface area (Å²) in [6, 6.07) is 22.6. The molecule has 8 heterocycles. The number of anilines is 2. The summed E-state index contributed by atoms with van der Waals surface area (Å²) in [5.74, 6) is -0.289. The molecule has 8 N–H and O–H groups in total. The molecule has 91 heavy (non-hydrogen) atoms. The topological polar surface area (TPSA) is 360 Å². The normalized spacial score (nSPS) is 15.0. The summed E-state index contributed by atoms with van der Waals surface area (Å²) in [6.07, 6.45) is 16.1. The van der Waals surface area contributed by atoms with Crippen LogP contribution in [0.15, 0.2) is 107 Å². The second kappa shape index (κ2) is 27.4. The number of imidazole rings is 3. The summed E-state index contributed by atoms with van der Waals surface area (Å²) < 4.78 is 27.9. The van der Waals surface area contributed by atoms with Crippen molar-refractivity contribution >= 4 is 81.6 Å². The predicted molar refractivity (Wildman–Crippen MR) is 349 cm³/mol. The molecule has 7 aromatic heterocycles. The Hall–Kier alpha value is -9.93. The second-order valence-electron chi connectivity index (χ2n) is 22.2. The van der Waals surface area contributed by atoms with E-state index in [0.717, 1.165) is 42.4 Å². The number of H-pyrrole nitrogens is 4. The zero-order chi connectivity index (χ0) is 62.2. The van der Waals surface area contributed by atoms with Gasteiger partial charge < -0.3 is 50.2 Å². The van der Waals surface area contributed by atoms with Crippen LogP contribution in [-0.2, 0) is 18.8 Å². The number of benzene rings is 3. The van der Waals surface area contributed by atoms with E-state index in [4.69, 9.17) is 30.2 Å². The first-order valence-electron chi connectivity index (χ1n) is 28.1. The Morgan fingerprint density at radius 2 is 1.03 bits per heavy atom. The molecule has 28 heteroatoms. The van der Waals surface area contributed by atoms with Crippen molar-refractivity contribution in [3.8, 4) is 56.7 Å². The summed E-state index contributed by atoms with van der Waals surface area (Å²) in [6.45, 7) is 7.91. The summed E-state index contributed by atoms with van der Waals surface area (Å²) in [7, 11) is 2.09. The van der Waals surface area contributed by atoms with Crippen LogP contribution in [0.25, 0.3) is 67.6 Å². The molecule has 10 aromatic rings. The number of nitrogen functional groups attached to an aromatic ring is 2. The number of ether oxygens (including phenoxy) is 2. The Balaban J connectivity index is 0.000000157. The fourth-order valence-electron chi connectivity index (χ4n) is 9.50. The monoisotopic (exact) mass is 1300 g/mol. The van der Waals surface area contributed by atoms with Crippen LogP contribution in [0, 0.1) is 0 Å². The van der Waals surface area contributed by atoms with Crippen LogP contribution in [0.2, 0.25) is 0 Å². The van der Waals surface area contributed by atoms with E-state index in [-0.39, 0.29) is 45.1 Å². The summed E-state index contributed by atoms with van der Waals surface area (Å²) >= 11 is 3.33. The number of rotatable bonds is 14. The number of esters is 2. The van der Waals surface area contributed by atoms with Gasteiger partial charge in [0.15, 0.2) is 36.3 Å². The number of fused-ring (bicyclic) bond motifs is 1. The van der Waals surface area contributed by atoms with Crippen LogP contribution in [0.5, 0.6) is 0 Å². The molecule has 1 aliphatic heterocycles. The lowest BCUT2D eigenvalue weighted by molar-refractivity contribution is 0.00578. The van der Waals surface area contributed by atoms with Crippen LogP contribution >= 0.6 is 15.9 Å². The number of aromatic amines is 4. The summed E-state index contributed by atoms with van der Waals surface area (Å²) in [5, 5.41) is 14.1. The largest absolute Gasteiger partial charge is 0.494 e. The number of halogens is 1. The third kappa shape index (κ3) is 14.4. The molecule has 0 atom stereocenters. The van der Waals surface area contributed by atoms with Crippen molar-refractivity contribution in [3.05, 3.63) is 141 Å². The predicted octanol–water partition coefficient (Wildman–Crippen LogP) is 10.2. The fourth-order valence-corrected chi connectivity index (χ4v) is 10.00. The van der Waals surface area contributed by atoms with Gasteiger partial charge in [-0.05, 0) is 142 Å².